The van der Waals surface area contributed by atoms with Crippen molar-refractivity contribution in [2.24, 2.45) is 5.92 Å². The fraction of sp³-hybridized carbons (Fsp3) is 0.368. The van der Waals surface area contributed by atoms with E-state index in [1.54, 1.807) is 13.1 Å². The minimum Gasteiger partial charge on any atom is -0.492 e. The lowest BCUT2D eigenvalue weighted by Gasteiger charge is -2.22. The van der Waals surface area contributed by atoms with Gasteiger partial charge < -0.3 is 10.1 Å². The first-order chi connectivity index (χ1) is 11.2. The average Bonchev–Trinajstić information content (AvgIpc) is 2.61. The summed E-state index contributed by atoms with van der Waals surface area (Å²) in [5.74, 6) is 1.52. The fourth-order valence-electron chi connectivity index (χ4n) is 2.77. The molecule has 128 valence electrons. The Labute approximate surface area is 149 Å². The minimum absolute atomic E-state index is 0. The highest BCUT2D eigenvalue weighted by Crippen LogP contribution is 2.21. The topological polar surface area (TPSA) is 51.2 Å². The van der Waals surface area contributed by atoms with E-state index in [1.165, 1.54) is 12.8 Å². The van der Waals surface area contributed by atoms with Gasteiger partial charge in [-0.25, -0.2) is 0 Å². The van der Waals surface area contributed by atoms with Gasteiger partial charge in [0.05, 0.1) is 18.5 Å². The molecule has 0 amide bonds. The Morgan fingerprint density at radius 2 is 1.88 bits per heavy atom. The predicted molar refractivity (Wildman–Crippen MR) is 98.0 cm³/mol. The van der Waals surface area contributed by atoms with Gasteiger partial charge in [0, 0.05) is 11.1 Å². The molecular weight excluding hydrogens is 324 g/mol. The molecule has 1 N–H and O–H groups in total. The van der Waals surface area contributed by atoms with Crippen LogP contribution >= 0.6 is 12.4 Å². The van der Waals surface area contributed by atoms with Gasteiger partial charge in [-0.15, -0.1) is 12.4 Å². The van der Waals surface area contributed by atoms with E-state index in [2.05, 4.69) is 10.3 Å². The molecule has 0 aliphatic carbocycles. The molecule has 1 fully saturated rings. The van der Waals surface area contributed by atoms with Crippen LogP contribution in [0.1, 0.15) is 30.1 Å². The molecule has 3 rings (SSSR count). The molecule has 0 unspecified atom stereocenters. The Balaban J connectivity index is 0.00000208. The SMILES string of the molecule is CC(=O)c1ccc(-c2ccc(OCC3CCNCC3)cn2)cc1.Cl. The number of halogens is 1. The number of hydrogen-bond acceptors (Lipinski definition) is 4. The number of carbonyl (C=O) groups excluding carboxylic acids is 1. The normalized spacial score (nSPS) is 14.7. The van der Waals surface area contributed by atoms with Gasteiger partial charge in [0.2, 0.25) is 0 Å². The standard InChI is InChI=1S/C19H22N2O2.ClH/c1-14(22)16-2-4-17(5-3-16)19-7-6-18(12-21-19)23-13-15-8-10-20-11-9-15;/h2-7,12,15,20H,8-11,13H2,1H3;1H. The quantitative estimate of drug-likeness (QED) is 0.838. The monoisotopic (exact) mass is 346 g/mol. The number of hydrogen-bond donors (Lipinski definition) is 1. The van der Waals surface area contributed by atoms with Gasteiger partial charge in [-0.2, -0.15) is 0 Å². The summed E-state index contributed by atoms with van der Waals surface area (Å²) in [6.45, 7) is 4.50. The van der Waals surface area contributed by atoms with Crippen LogP contribution < -0.4 is 10.1 Å². The summed E-state index contributed by atoms with van der Waals surface area (Å²) < 4.78 is 5.85. The van der Waals surface area contributed by atoms with Gasteiger partial charge in [-0.05, 0) is 50.9 Å². The molecule has 2 aromatic rings. The first-order valence-electron chi connectivity index (χ1n) is 8.13. The summed E-state index contributed by atoms with van der Waals surface area (Å²) in [7, 11) is 0. The molecule has 0 spiro atoms. The summed E-state index contributed by atoms with van der Waals surface area (Å²) in [6, 6.07) is 11.4. The molecule has 24 heavy (non-hydrogen) atoms. The van der Waals surface area contributed by atoms with Crippen molar-refractivity contribution in [3.63, 3.8) is 0 Å². The van der Waals surface area contributed by atoms with E-state index in [0.29, 0.717) is 5.92 Å². The third kappa shape index (κ3) is 4.79. The van der Waals surface area contributed by atoms with E-state index in [9.17, 15) is 4.79 Å². The first-order valence-corrected chi connectivity index (χ1v) is 8.13. The van der Waals surface area contributed by atoms with Gasteiger partial charge in [-0.3, -0.25) is 9.78 Å². The second kappa shape index (κ2) is 8.81. The van der Waals surface area contributed by atoms with Crippen LogP contribution in [0.4, 0.5) is 0 Å². The van der Waals surface area contributed by atoms with E-state index in [1.807, 2.05) is 36.4 Å². The predicted octanol–water partition coefficient (Wildman–Crippen LogP) is 3.75. The third-order valence-corrected chi connectivity index (χ3v) is 4.27. The molecule has 0 bridgehead atoms. The highest BCUT2D eigenvalue weighted by atomic mass is 35.5. The van der Waals surface area contributed by atoms with Crippen molar-refractivity contribution in [1.29, 1.82) is 0 Å². The van der Waals surface area contributed by atoms with Gasteiger partial charge in [0.1, 0.15) is 5.75 Å². The second-order valence-electron chi connectivity index (χ2n) is 6.02. The van der Waals surface area contributed by atoms with Crippen molar-refractivity contribution in [1.82, 2.24) is 10.3 Å². The summed E-state index contributed by atoms with van der Waals surface area (Å²) in [5, 5.41) is 3.36. The van der Waals surface area contributed by atoms with Gasteiger partial charge >= 0.3 is 0 Å². The van der Waals surface area contributed by atoms with Crippen molar-refractivity contribution in [2.75, 3.05) is 19.7 Å². The van der Waals surface area contributed by atoms with Gasteiger partial charge in [-0.1, -0.05) is 24.3 Å². The Kier molecular flexibility index (Phi) is 6.76. The minimum atomic E-state index is 0. The molecular formula is C19H23ClN2O2. The molecule has 1 aliphatic heterocycles. The maximum atomic E-state index is 11.3. The first kappa shape index (κ1) is 18.4. The lowest BCUT2D eigenvalue weighted by Crippen LogP contribution is -2.30. The van der Waals surface area contributed by atoms with E-state index >= 15 is 0 Å². The Morgan fingerprint density at radius 3 is 2.46 bits per heavy atom. The zero-order valence-electron chi connectivity index (χ0n) is 13.8. The summed E-state index contributed by atoms with van der Waals surface area (Å²) in [4.78, 5) is 15.8. The van der Waals surface area contributed by atoms with Crippen molar-refractivity contribution >= 4 is 18.2 Å². The van der Waals surface area contributed by atoms with Gasteiger partial charge in [0.15, 0.2) is 5.78 Å². The Hall–Kier alpha value is -1.91. The molecule has 0 atom stereocenters. The van der Waals surface area contributed by atoms with Crippen LogP contribution in [-0.2, 0) is 0 Å². The van der Waals surface area contributed by atoms with Crippen LogP contribution in [0.3, 0.4) is 0 Å². The number of nitrogens with one attached hydrogen (secondary N) is 1. The van der Waals surface area contributed by atoms with Crippen molar-refractivity contribution in [3.8, 4) is 17.0 Å². The number of benzene rings is 1. The molecule has 1 aliphatic rings. The van der Waals surface area contributed by atoms with Crippen LogP contribution in [-0.4, -0.2) is 30.5 Å². The fourth-order valence-corrected chi connectivity index (χ4v) is 2.77. The Morgan fingerprint density at radius 1 is 1.17 bits per heavy atom. The highest BCUT2D eigenvalue weighted by Gasteiger charge is 2.13. The number of ketones is 1. The zero-order chi connectivity index (χ0) is 16.1. The number of carbonyl (C=O) groups is 1. The van der Waals surface area contributed by atoms with Gasteiger partial charge in [0.25, 0.3) is 0 Å². The number of Topliss-reactive ketones (excluding diaryl/α,β-unsaturated/α-hetero) is 1. The smallest absolute Gasteiger partial charge is 0.159 e. The van der Waals surface area contributed by atoms with Crippen molar-refractivity contribution in [2.45, 2.75) is 19.8 Å². The lowest BCUT2D eigenvalue weighted by atomic mass is 9.99. The Bertz CT molecular complexity index is 650. The molecule has 2 heterocycles. The van der Waals surface area contributed by atoms with Crippen LogP contribution in [0, 0.1) is 5.92 Å². The highest BCUT2D eigenvalue weighted by molar-refractivity contribution is 5.94. The average molecular weight is 347 g/mol. The van der Waals surface area contributed by atoms with E-state index in [-0.39, 0.29) is 18.2 Å². The lowest BCUT2D eigenvalue weighted by molar-refractivity contribution is 0.101. The number of pyridine rings is 1. The van der Waals surface area contributed by atoms with Crippen LogP contribution in [0.5, 0.6) is 5.75 Å². The van der Waals surface area contributed by atoms with Crippen LogP contribution in [0.25, 0.3) is 11.3 Å². The molecule has 1 aromatic carbocycles. The molecule has 5 heteroatoms. The van der Waals surface area contributed by atoms with Crippen molar-refractivity contribution in [3.05, 3.63) is 48.2 Å². The molecule has 0 saturated carbocycles. The number of piperidine rings is 1. The van der Waals surface area contributed by atoms with E-state index in [0.717, 1.165) is 42.3 Å². The second-order valence-corrected chi connectivity index (χ2v) is 6.02. The number of rotatable bonds is 5. The third-order valence-electron chi connectivity index (χ3n) is 4.27. The number of ether oxygens (including phenoxy) is 1. The summed E-state index contributed by atoms with van der Waals surface area (Å²) in [6.07, 6.45) is 4.12. The molecule has 4 nitrogen and oxygen atoms in total. The largest absolute Gasteiger partial charge is 0.492 e. The van der Waals surface area contributed by atoms with Crippen LogP contribution in [0.2, 0.25) is 0 Å². The molecule has 0 radical (unpaired) electrons. The maximum absolute atomic E-state index is 11.3. The zero-order valence-corrected chi connectivity index (χ0v) is 14.6. The van der Waals surface area contributed by atoms with E-state index in [4.69, 9.17) is 4.74 Å². The molecule has 1 aromatic heterocycles. The van der Waals surface area contributed by atoms with E-state index < -0.39 is 0 Å². The summed E-state index contributed by atoms with van der Waals surface area (Å²) in [5.41, 5.74) is 2.60. The summed E-state index contributed by atoms with van der Waals surface area (Å²) >= 11 is 0. The number of aromatic nitrogens is 1. The van der Waals surface area contributed by atoms with Crippen LogP contribution in [0.15, 0.2) is 42.6 Å². The maximum Gasteiger partial charge on any atom is 0.159 e. The molecule has 1 saturated heterocycles. The number of nitrogens with zero attached hydrogens (tertiary/aromatic N) is 1. The van der Waals surface area contributed by atoms with Crippen molar-refractivity contribution < 1.29 is 9.53 Å².